The molecule has 4 nitrogen and oxygen atoms in total. The fourth-order valence-corrected chi connectivity index (χ4v) is 4.19. The largest absolute Gasteiger partial charge is 0.425 e. The zero-order chi connectivity index (χ0) is 19.9. The van der Waals surface area contributed by atoms with E-state index in [2.05, 4.69) is 46.6 Å². The van der Waals surface area contributed by atoms with Gasteiger partial charge in [-0.05, 0) is 35.4 Å². The average Bonchev–Trinajstić information content (AvgIpc) is 3.27. The molecule has 0 radical (unpaired) electrons. The maximum atomic E-state index is 6.09. The molecule has 29 heavy (non-hydrogen) atoms. The van der Waals surface area contributed by atoms with E-state index in [-0.39, 0.29) is 5.92 Å². The van der Waals surface area contributed by atoms with Crippen molar-refractivity contribution >= 4 is 0 Å². The van der Waals surface area contributed by atoms with Crippen molar-refractivity contribution < 1.29 is 9.15 Å². The molecule has 1 heterocycles. The molecule has 1 atom stereocenters. The first-order valence-corrected chi connectivity index (χ1v) is 10.9. The van der Waals surface area contributed by atoms with Crippen LogP contribution in [0.2, 0.25) is 0 Å². The van der Waals surface area contributed by atoms with Crippen LogP contribution in [0.1, 0.15) is 79.3 Å². The maximum absolute atomic E-state index is 6.09. The molecule has 0 aliphatic heterocycles. The molecule has 4 heteroatoms. The van der Waals surface area contributed by atoms with Gasteiger partial charge in [-0.2, -0.15) is 0 Å². The molecule has 1 unspecified atom stereocenters. The van der Waals surface area contributed by atoms with E-state index in [4.69, 9.17) is 9.15 Å². The molecule has 0 bridgehead atoms. The molecule has 1 aliphatic carbocycles. The first-order valence-electron chi connectivity index (χ1n) is 10.9. The number of hydrogen-bond acceptors (Lipinski definition) is 4. The van der Waals surface area contributed by atoms with Gasteiger partial charge in [0, 0.05) is 6.42 Å². The van der Waals surface area contributed by atoms with Crippen LogP contribution in [0.5, 0.6) is 0 Å². The topological polar surface area (TPSA) is 48.2 Å². The van der Waals surface area contributed by atoms with Crippen molar-refractivity contribution in [2.45, 2.75) is 63.9 Å². The van der Waals surface area contributed by atoms with Crippen LogP contribution in [0.3, 0.4) is 0 Å². The van der Waals surface area contributed by atoms with Crippen molar-refractivity contribution in [3.8, 4) is 0 Å². The van der Waals surface area contributed by atoms with Gasteiger partial charge >= 0.3 is 0 Å². The lowest BCUT2D eigenvalue weighted by atomic mass is 9.83. The second-order valence-corrected chi connectivity index (χ2v) is 7.95. The summed E-state index contributed by atoms with van der Waals surface area (Å²) in [5, 5.41) is 8.52. The van der Waals surface area contributed by atoms with Crippen molar-refractivity contribution in [2.24, 2.45) is 0 Å². The third-order valence-electron chi connectivity index (χ3n) is 5.87. The molecule has 0 saturated heterocycles. The van der Waals surface area contributed by atoms with Gasteiger partial charge in [0.15, 0.2) is 0 Å². The molecule has 1 saturated carbocycles. The first kappa shape index (κ1) is 19.8. The number of aryl methyl sites for hydroxylation is 1. The molecule has 2 aromatic carbocycles. The van der Waals surface area contributed by atoms with Crippen LogP contribution in [-0.2, 0) is 17.8 Å². The predicted molar refractivity (Wildman–Crippen MR) is 114 cm³/mol. The fourth-order valence-electron chi connectivity index (χ4n) is 4.19. The summed E-state index contributed by atoms with van der Waals surface area (Å²) in [6, 6.07) is 19.2. The van der Waals surface area contributed by atoms with Gasteiger partial charge < -0.3 is 9.15 Å². The maximum Gasteiger partial charge on any atom is 0.226 e. The van der Waals surface area contributed by atoms with E-state index < -0.39 is 0 Å². The molecule has 0 N–H and O–H groups in total. The van der Waals surface area contributed by atoms with Gasteiger partial charge in [0.2, 0.25) is 11.8 Å². The highest BCUT2D eigenvalue weighted by molar-refractivity contribution is 5.32. The lowest BCUT2D eigenvalue weighted by Crippen LogP contribution is -2.12. The summed E-state index contributed by atoms with van der Waals surface area (Å²) in [5.41, 5.74) is 3.81. The van der Waals surface area contributed by atoms with E-state index in [1.807, 2.05) is 25.1 Å². The number of hydrogen-bond donors (Lipinski definition) is 0. The Balaban J connectivity index is 1.54. The van der Waals surface area contributed by atoms with Crippen LogP contribution in [0, 0.1) is 0 Å². The van der Waals surface area contributed by atoms with Crippen molar-refractivity contribution in [2.75, 3.05) is 6.61 Å². The van der Waals surface area contributed by atoms with Crippen molar-refractivity contribution in [3.05, 3.63) is 83.1 Å². The minimum Gasteiger partial charge on any atom is -0.425 e. The lowest BCUT2D eigenvalue weighted by molar-refractivity contribution is 0.108. The smallest absolute Gasteiger partial charge is 0.226 e. The van der Waals surface area contributed by atoms with Gasteiger partial charge in [-0.15, -0.1) is 10.2 Å². The summed E-state index contributed by atoms with van der Waals surface area (Å²) in [6.07, 6.45) is 7.36. The Hall–Kier alpha value is -2.46. The summed E-state index contributed by atoms with van der Waals surface area (Å²) in [5.74, 6) is 1.95. The standard InChI is InChI=1S/C25H30N2O2/c1-2-24-26-27-25(29-24)23(18-28-17-19-10-5-3-6-11-19)22-15-9-14-21(16-22)20-12-7-4-8-13-20/h3,5-6,9-11,14-16,20,23H,2,4,7-8,12-13,17-18H2,1H3. The van der Waals surface area contributed by atoms with Crippen LogP contribution in [-0.4, -0.2) is 16.8 Å². The molecule has 0 spiro atoms. The van der Waals surface area contributed by atoms with E-state index in [0.717, 1.165) is 6.42 Å². The Morgan fingerprint density at radius 2 is 1.83 bits per heavy atom. The highest BCUT2D eigenvalue weighted by Gasteiger charge is 2.23. The Morgan fingerprint density at radius 3 is 2.59 bits per heavy atom. The summed E-state index contributed by atoms with van der Waals surface area (Å²) in [7, 11) is 0. The third kappa shape index (κ3) is 5.13. The van der Waals surface area contributed by atoms with E-state index in [1.165, 1.54) is 48.8 Å². The van der Waals surface area contributed by atoms with Crippen LogP contribution >= 0.6 is 0 Å². The first-order chi connectivity index (χ1) is 14.3. The second kappa shape index (κ2) is 9.84. The van der Waals surface area contributed by atoms with Crippen LogP contribution in [0.4, 0.5) is 0 Å². The summed E-state index contributed by atoms with van der Waals surface area (Å²) < 4.78 is 12.0. The number of ether oxygens (including phenoxy) is 1. The van der Waals surface area contributed by atoms with E-state index >= 15 is 0 Å². The minimum absolute atomic E-state index is 0.0462. The Bertz CT molecular complexity index is 885. The predicted octanol–water partition coefficient (Wildman–Crippen LogP) is 6.03. The highest BCUT2D eigenvalue weighted by atomic mass is 16.5. The van der Waals surface area contributed by atoms with Crippen LogP contribution in [0.25, 0.3) is 0 Å². The molecule has 152 valence electrons. The fraction of sp³-hybridized carbons (Fsp3) is 0.440. The van der Waals surface area contributed by atoms with E-state index in [9.17, 15) is 0 Å². The Kier molecular flexibility index (Phi) is 6.73. The molecular weight excluding hydrogens is 360 g/mol. The van der Waals surface area contributed by atoms with E-state index in [0.29, 0.717) is 30.9 Å². The Labute approximate surface area is 173 Å². The lowest BCUT2D eigenvalue weighted by Gasteiger charge is -2.23. The van der Waals surface area contributed by atoms with E-state index in [1.54, 1.807) is 0 Å². The van der Waals surface area contributed by atoms with Gasteiger partial charge in [-0.3, -0.25) is 0 Å². The van der Waals surface area contributed by atoms with Gasteiger partial charge in [-0.1, -0.05) is 80.8 Å². The normalized spacial score (nSPS) is 16.0. The summed E-state index contributed by atoms with van der Waals surface area (Å²) in [4.78, 5) is 0. The number of nitrogens with zero attached hydrogens (tertiary/aromatic N) is 2. The quantitative estimate of drug-likeness (QED) is 0.471. The van der Waals surface area contributed by atoms with Crippen LogP contribution < -0.4 is 0 Å². The Morgan fingerprint density at radius 1 is 1.00 bits per heavy atom. The zero-order valence-electron chi connectivity index (χ0n) is 17.2. The SMILES string of the molecule is CCc1nnc(C(COCc2ccccc2)c2cccc(C3CCCCC3)c2)o1. The molecule has 3 aromatic rings. The summed E-state index contributed by atoms with van der Waals surface area (Å²) >= 11 is 0. The number of aromatic nitrogens is 2. The molecule has 1 aromatic heterocycles. The van der Waals surface area contributed by atoms with Gasteiger partial charge in [0.1, 0.15) is 0 Å². The molecule has 1 aliphatic rings. The minimum atomic E-state index is -0.0462. The number of rotatable bonds is 8. The monoisotopic (exact) mass is 390 g/mol. The highest BCUT2D eigenvalue weighted by Crippen LogP contribution is 2.34. The number of benzene rings is 2. The van der Waals surface area contributed by atoms with Crippen molar-refractivity contribution in [1.29, 1.82) is 0 Å². The third-order valence-corrected chi connectivity index (χ3v) is 5.87. The molecule has 0 amide bonds. The summed E-state index contributed by atoms with van der Waals surface area (Å²) in [6.45, 7) is 3.13. The van der Waals surface area contributed by atoms with Crippen molar-refractivity contribution in [3.63, 3.8) is 0 Å². The average molecular weight is 391 g/mol. The van der Waals surface area contributed by atoms with Crippen LogP contribution in [0.15, 0.2) is 59.0 Å². The zero-order valence-corrected chi connectivity index (χ0v) is 17.2. The van der Waals surface area contributed by atoms with Gasteiger partial charge in [0.05, 0.1) is 19.1 Å². The molecule has 4 rings (SSSR count). The molecule has 1 fully saturated rings. The van der Waals surface area contributed by atoms with Gasteiger partial charge in [-0.25, -0.2) is 0 Å². The molecular formula is C25H30N2O2. The van der Waals surface area contributed by atoms with Crippen molar-refractivity contribution in [1.82, 2.24) is 10.2 Å². The second-order valence-electron chi connectivity index (χ2n) is 7.95. The van der Waals surface area contributed by atoms with Gasteiger partial charge in [0.25, 0.3) is 0 Å².